The topological polar surface area (TPSA) is 118 Å². The molecule has 1 saturated heterocycles. The molecule has 3 rings (SSSR count). The Labute approximate surface area is 209 Å². The highest BCUT2D eigenvalue weighted by molar-refractivity contribution is 6.30. The molecule has 0 saturated carbocycles. The summed E-state index contributed by atoms with van der Waals surface area (Å²) in [4.78, 5) is 38.6. The van der Waals surface area contributed by atoms with Crippen molar-refractivity contribution in [3.63, 3.8) is 0 Å². The van der Waals surface area contributed by atoms with Gasteiger partial charge in [0, 0.05) is 34.8 Å². The molecule has 0 atom stereocenters. The summed E-state index contributed by atoms with van der Waals surface area (Å²) < 4.78 is 10.7. The number of benzene rings is 2. The molecule has 0 unspecified atom stereocenters. The molecule has 188 valence electrons. The summed E-state index contributed by atoms with van der Waals surface area (Å²) in [6.07, 6.45) is 0.865. The zero-order valence-electron chi connectivity index (χ0n) is 20.1. The summed E-state index contributed by atoms with van der Waals surface area (Å²) in [5.74, 6) is 0.0985. The van der Waals surface area contributed by atoms with Crippen LogP contribution in [0.15, 0.2) is 36.4 Å². The molecule has 0 spiro atoms. The standard InChI is InChI=1S/C25H31ClN4O5/c1-16-20(34-2)14-18(15-21(16)35-3)23(32)30-25(8-10-27-11-9-25)24(33)29-13-12-28-22(31)17-4-6-19(26)7-5-17/h4-7,14-15,27H,8-13H2,1-3H3,(H,28,31)(H,29,33)(H,30,32). The monoisotopic (exact) mass is 502 g/mol. The van der Waals surface area contributed by atoms with Crippen molar-refractivity contribution in [3.05, 3.63) is 58.1 Å². The summed E-state index contributed by atoms with van der Waals surface area (Å²) >= 11 is 5.85. The molecule has 10 heteroatoms. The van der Waals surface area contributed by atoms with Crippen LogP contribution < -0.4 is 30.7 Å². The van der Waals surface area contributed by atoms with E-state index in [1.807, 2.05) is 6.92 Å². The first-order valence-corrected chi connectivity index (χ1v) is 11.8. The van der Waals surface area contributed by atoms with Gasteiger partial charge >= 0.3 is 0 Å². The number of methoxy groups -OCH3 is 2. The van der Waals surface area contributed by atoms with Gasteiger partial charge in [-0.2, -0.15) is 0 Å². The van der Waals surface area contributed by atoms with Crippen LogP contribution in [0.25, 0.3) is 0 Å². The van der Waals surface area contributed by atoms with Crippen LogP contribution in [0.4, 0.5) is 0 Å². The molecule has 9 nitrogen and oxygen atoms in total. The zero-order valence-corrected chi connectivity index (χ0v) is 20.9. The number of amides is 3. The van der Waals surface area contributed by atoms with Crippen LogP contribution in [0.5, 0.6) is 11.5 Å². The quantitative estimate of drug-likeness (QED) is 0.390. The lowest BCUT2D eigenvalue weighted by molar-refractivity contribution is -0.128. The zero-order chi connectivity index (χ0) is 25.4. The summed E-state index contributed by atoms with van der Waals surface area (Å²) in [7, 11) is 3.05. The number of carbonyl (C=O) groups excluding carboxylic acids is 3. The van der Waals surface area contributed by atoms with Crippen molar-refractivity contribution in [2.75, 3.05) is 40.4 Å². The summed E-state index contributed by atoms with van der Waals surface area (Å²) in [5, 5.41) is 12.3. The van der Waals surface area contributed by atoms with E-state index in [1.165, 1.54) is 14.2 Å². The number of halogens is 1. The summed E-state index contributed by atoms with van der Waals surface area (Å²) in [6, 6.07) is 9.80. The van der Waals surface area contributed by atoms with Gasteiger partial charge < -0.3 is 30.7 Å². The molecule has 2 aromatic carbocycles. The predicted molar refractivity (Wildman–Crippen MR) is 133 cm³/mol. The SMILES string of the molecule is COc1cc(C(=O)NC2(C(=O)NCCNC(=O)c3ccc(Cl)cc3)CCNCC2)cc(OC)c1C. The van der Waals surface area contributed by atoms with E-state index in [0.717, 1.165) is 5.56 Å². The second kappa shape index (κ2) is 11.9. The molecule has 35 heavy (non-hydrogen) atoms. The van der Waals surface area contributed by atoms with E-state index in [4.69, 9.17) is 21.1 Å². The van der Waals surface area contributed by atoms with Crippen LogP contribution in [-0.2, 0) is 4.79 Å². The minimum atomic E-state index is -1.08. The van der Waals surface area contributed by atoms with Gasteiger partial charge in [-0.3, -0.25) is 14.4 Å². The Balaban J connectivity index is 1.64. The highest BCUT2D eigenvalue weighted by Crippen LogP contribution is 2.30. The summed E-state index contributed by atoms with van der Waals surface area (Å²) in [5.41, 5.74) is 0.520. The van der Waals surface area contributed by atoms with Crippen LogP contribution in [0.1, 0.15) is 39.1 Å². The second-order valence-electron chi connectivity index (χ2n) is 8.31. The maximum Gasteiger partial charge on any atom is 0.252 e. The van der Waals surface area contributed by atoms with E-state index in [1.54, 1.807) is 36.4 Å². The highest BCUT2D eigenvalue weighted by Gasteiger charge is 2.41. The molecule has 1 aliphatic rings. The Bertz CT molecular complexity index is 1040. The fourth-order valence-electron chi connectivity index (χ4n) is 3.99. The van der Waals surface area contributed by atoms with Crippen molar-refractivity contribution in [3.8, 4) is 11.5 Å². The fraction of sp³-hybridized carbons (Fsp3) is 0.400. The van der Waals surface area contributed by atoms with E-state index >= 15 is 0 Å². The molecular formula is C25H31ClN4O5. The molecule has 0 radical (unpaired) electrons. The van der Waals surface area contributed by atoms with Gasteiger partial charge in [-0.25, -0.2) is 0 Å². The average Bonchev–Trinajstić information content (AvgIpc) is 2.87. The van der Waals surface area contributed by atoms with Crippen LogP contribution in [-0.4, -0.2) is 63.7 Å². The maximum atomic E-state index is 13.2. The maximum absolute atomic E-state index is 13.2. The molecular weight excluding hydrogens is 472 g/mol. The van der Waals surface area contributed by atoms with Crippen LogP contribution in [0, 0.1) is 6.92 Å². The number of piperidine rings is 1. The van der Waals surface area contributed by atoms with Crippen molar-refractivity contribution in [1.82, 2.24) is 21.3 Å². The Morgan fingerprint density at radius 2 is 1.49 bits per heavy atom. The van der Waals surface area contributed by atoms with E-state index in [9.17, 15) is 14.4 Å². The van der Waals surface area contributed by atoms with Gasteiger partial charge in [0.05, 0.1) is 14.2 Å². The molecule has 2 aromatic rings. The largest absolute Gasteiger partial charge is 0.496 e. The van der Waals surface area contributed by atoms with Gasteiger partial charge in [0.15, 0.2) is 0 Å². The van der Waals surface area contributed by atoms with Crippen LogP contribution in [0.3, 0.4) is 0 Å². The fourth-order valence-corrected chi connectivity index (χ4v) is 4.12. The molecule has 3 amide bonds. The molecule has 1 fully saturated rings. The minimum absolute atomic E-state index is 0.218. The van der Waals surface area contributed by atoms with Gasteiger partial charge in [0.25, 0.3) is 11.8 Å². The molecule has 1 aliphatic heterocycles. The number of rotatable bonds is 9. The molecule has 1 heterocycles. The second-order valence-corrected chi connectivity index (χ2v) is 8.75. The van der Waals surface area contributed by atoms with Crippen molar-refractivity contribution >= 4 is 29.3 Å². The minimum Gasteiger partial charge on any atom is -0.496 e. The Hall–Kier alpha value is -3.30. The van der Waals surface area contributed by atoms with Crippen LogP contribution >= 0.6 is 11.6 Å². The van der Waals surface area contributed by atoms with E-state index in [0.29, 0.717) is 53.6 Å². The Morgan fingerprint density at radius 1 is 0.914 bits per heavy atom. The third-order valence-electron chi connectivity index (χ3n) is 6.06. The Morgan fingerprint density at radius 3 is 2.06 bits per heavy atom. The van der Waals surface area contributed by atoms with Gasteiger partial charge in [-0.05, 0) is 69.3 Å². The molecule has 0 aromatic heterocycles. The first-order valence-electron chi connectivity index (χ1n) is 11.4. The number of hydrogen-bond donors (Lipinski definition) is 4. The van der Waals surface area contributed by atoms with Crippen LogP contribution in [0.2, 0.25) is 5.02 Å². The lowest BCUT2D eigenvalue weighted by atomic mass is 9.86. The van der Waals surface area contributed by atoms with E-state index < -0.39 is 11.4 Å². The highest BCUT2D eigenvalue weighted by atomic mass is 35.5. The summed E-state index contributed by atoms with van der Waals surface area (Å²) in [6.45, 7) is 3.47. The van der Waals surface area contributed by atoms with Crippen molar-refractivity contribution < 1.29 is 23.9 Å². The normalized spacial score (nSPS) is 14.5. The Kier molecular flexibility index (Phi) is 8.95. The van der Waals surface area contributed by atoms with Crippen molar-refractivity contribution in [2.24, 2.45) is 0 Å². The van der Waals surface area contributed by atoms with Gasteiger partial charge in [-0.15, -0.1) is 0 Å². The van der Waals surface area contributed by atoms with Crippen molar-refractivity contribution in [1.29, 1.82) is 0 Å². The first kappa shape index (κ1) is 26.3. The number of hydrogen-bond acceptors (Lipinski definition) is 6. The first-order chi connectivity index (χ1) is 16.8. The smallest absolute Gasteiger partial charge is 0.252 e. The van der Waals surface area contributed by atoms with Gasteiger partial charge in [0.1, 0.15) is 17.0 Å². The number of ether oxygens (including phenoxy) is 2. The number of carbonyl (C=O) groups is 3. The molecule has 0 aliphatic carbocycles. The number of nitrogens with one attached hydrogen (secondary N) is 4. The van der Waals surface area contributed by atoms with Gasteiger partial charge in [0.2, 0.25) is 5.91 Å². The lowest BCUT2D eigenvalue weighted by Gasteiger charge is -2.37. The van der Waals surface area contributed by atoms with Crippen molar-refractivity contribution in [2.45, 2.75) is 25.3 Å². The predicted octanol–water partition coefficient (Wildman–Crippen LogP) is 2.06. The molecule has 4 N–H and O–H groups in total. The third-order valence-corrected chi connectivity index (χ3v) is 6.31. The average molecular weight is 503 g/mol. The molecule has 0 bridgehead atoms. The lowest BCUT2D eigenvalue weighted by Crippen LogP contribution is -2.63. The van der Waals surface area contributed by atoms with E-state index in [2.05, 4.69) is 21.3 Å². The third kappa shape index (κ3) is 6.43. The van der Waals surface area contributed by atoms with E-state index in [-0.39, 0.29) is 24.9 Å². The van der Waals surface area contributed by atoms with Gasteiger partial charge in [-0.1, -0.05) is 11.6 Å².